The molecule has 1 N–H and O–H groups in total. The van der Waals surface area contributed by atoms with E-state index in [0.717, 1.165) is 72.5 Å². The Hall–Kier alpha value is -5.37. The van der Waals surface area contributed by atoms with Gasteiger partial charge in [-0.1, -0.05) is 13.0 Å². The van der Waals surface area contributed by atoms with E-state index >= 15 is 0 Å². The molecule has 2 saturated heterocycles. The molecule has 302 valence electrons. The third-order valence-electron chi connectivity index (χ3n) is 13.9. The number of carbonyl (C=O) groups is 6. The molecule has 2 aromatic carbocycles. The summed E-state index contributed by atoms with van der Waals surface area (Å²) >= 11 is 0. The van der Waals surface area contributed by atoms with E-state index in [1.54, 1.807) is 19.1 Å². The van der Waals surface area contributed by atoms with Crippen molar-refractivity contribution >= 4 is 46.9 Å². The molecule has 58 heavy (non-hydrogen) atoms. The summed E-state index contributed by atoms with van der Waals surface area (Å²) < 4.78 is 2.25. The number of benzene rings is 2. The summed E-state index contributed by atoms with van der Waals surface area (Å²) in [5.41, 5.74) is 10.3. The lowest BCUT2D eigenvalue weighted by Crippen LogP contribution is -2.54. The number of fused-ring (bicyclic) bond motifs is 5. The number of aromatic nitrogens is 2. The molecule has 1 aliphatic carbocycles. The molecule has 14 nitrogen and oxygen atoms in total. The summed E-state index contributed by atoms with van der Waals surface area (Å²) in [6, 6.07) is 7.51. The highest BCUT2D eigenvalue weighted by Crippen LogP contribution is 2.43. The molecule has 1 aromatic heterocycles. The number of hydrogen-bond acceptors (Lipinski definition) is 9. The zero-order valence-electron chi connectivity index (χ0n) is 33.3. The average Bonchev–Trinajstić information content (AvgIpc) is 3.87. The lowest BCUT2D eigenvalue weighted by Gasteiger charge is -2.35. The van der Waals surface area contributed by atoms with Crippen molar-refractivity contribution < 1.29 is 28.8 Å². The standard InChI is InChI=1S/C44H50N8O6/c1-25-5-3-6-27-17-28-7-4-13-50(38(28)20-32(25)27)41-35-23-49(26(2)53)16-12-36(35)52(46-41)31-10-14-48(15-11-31)40(55)24-47-21-29-18-33-34(19-30(29)22-47)44(58)51(43(33)57)37-8-9-39(54)45-42(37)56/h17-20,25,31,37H,3-16,21-24H2,1-2H3,(H,45,54,56). The van der Waals surface area contributed by atoms with Crippen molar-refractivity contribution in [3.8, 4) is 0 Å². The first-order chi connectivity index (χ1) is 28.0. The Morgan fingerprint density at radius 1 is 0.759 bits per heavy atom. The van der Waals surface area contributed by atoms with Gasteiger partial charge in [0.25, 0.3) is 11.8 Å². The Morgan fingerprint density at radius 2 is 1.48 bits per heavy atom. The lowest BCUT2D eigenvalue weighted by molar-refractivity contribution is -0.136. The number of imide groups is 2. The van der Waals surface area contributed by atoms with Gasteiger partial charge >= 0.3 is 0 Å². The number of likely N-dealkylation sites (tertiary alicyclic amines) is 1. The molecule has 3 aromatic rings. The van der Waals surface area contributed by atoms with Crippen molar-refractivity contribution in [2.45, 2.75) is 116 Å². The first-order valence-corrected chi connectivity index (χ1v) is 21.2. The molecule has 7 heterocycles. The van der Waals surface area contributed by atoms with Crippen LogP contribution in [0.15, 0.2) is 24.3 Å². The largest absolute Gasteiger partial charge is 0.341 e. The van der Waals surface area contributed by atoms with Gasteiger partial charge in [0.15, 0.2) is 5.82 Å². The number of nitrogens with zero attached hydrogens (tertiary/aromatic N) is 7. The van der Waals surface area contributed by atoms with Crippen molar-refractivity contribution in [2.24, 2.45) is 0 Å². The Kier molecular flexibility index (Phi) is 9.03. The van der Waals surface area contributed by atoms with E-state index < -0.39 is 29.7 Å². The van der Waals surface area contributed by atoms with Crippen molar-refractivity contribution in [1.29, 1.82) is 0 Å². The predicted molar refractivity (Wildman–Crippen MR) is 212 cm³/mol. The topological polar surface area (TPSA) is 148 Å². The first kappa shape index (κ1) is 36.9. The van der Waals surface area contributed by atoms with Crippen LogP contribution in [0.5, 0.6) is 0 Å². The minimum atomic E-state index is -1.00. The molecule has 7 aliphatic rings. The van der Waals surface area contributed by atoms with Crippen LogP contribution in [0.3, 0.4) is 0 Å². The first-order valence-electron chi connectivity index (χ1n) is 21.2. The minimum Gasteiger partial charge on any atom is -0.341 e. The van der Waals surface area contributed by atoms with Gasteiger partial charge in [-0.05, 0) is 103 Å². The van der Waals surface area contributed by atoms with Crippen LogP contribution in [0.4, 0.5) is 11.5 Å². The summed E-state index contributed by atoms with van der Waals surface area (Å²) in [5.74, 6) is -0.414. The number of carbonyl (C=O) groups excluding carboxylic acids is 6. The Bertz CT molecular complexity index is 2260. The van der Waals surface area contributed by atoms with Gasteiger partial charge in [-0.15, -0.1) is 0 Å². The van der Waals surface area contributed by atoms with Crippen LogP contribution in [-0.4, -0.2) is 104 Å². The predicted octanol–water partition coefficient (Wildman–Crippen LogP) is 3.89. The summed E-state index contributed by atoms with van der Waals surface area (Å²) in [7, 11) is 0. The smallest absolute Gasteiger partial charge is 0.262 e. The molecule has 6 aliphatic heterocycles. The summed E-state index contributed by atoms with van der Waals surface area (Å²) in [5, 5.41) is 7.66. The Morgan fingerprint density at radius 3 is 2.19 bits per heavy atom. The number of piperidine rings is 2. The van der Waals surface area contributed by atoms with Crippen LogP contribution in [0.25, 0.3) is 0 Å². The van der Waals surface area contributed by atoms with E-state index in [4.69, 9.17) is 5.10 Å². The van der Waals surface area contributed by atoms with E-state index in [-0.39, 0.29) is 48.4 Å². The maximum absolute atomic E-state index is 13.8. The van der Waals surface area contributed by atoms with Crippen molar-refractivity contribution in [3.63, 3.8) is 0 Å². The normalized spacial score (nSPS) is 23.4. The second-order valence-corrected chi connectivity index (χ2v) is 17.5. The average molecular weight is 787 g/mol. The fraction of sp³-hybridized carbons (Fsp3) is 0.523. The number of hydrogen-bond donors (Lipinski definition) is 1. The van der Waals surface area contributed by atoms with Gasteiger partial charge in [-0.25, -0.2) is 0 Å². The molecule has 2 atom stereocenters. The highest BCUT2D eigenvalue weighted by atomic mass is 16.2. The molecule has 6 amide bonds. The van der Waals surface area contributed by atoms with Gasteiger partial charge in [-0.2, -0.15) is 5.10 Å². The summed E-state index contributed by atoms with van der Waals surface area (Å²) in [6.45, 7) is 8.56. The Labute approximate surface area is 337 Å². The van der Waals surface area contributed by atoms with Crippen LogP contribution in [0.1, 0.15) is 131 Å². The molecule has 2 unspecified atom stereocenters. The number of aryl methyl sites for hydroxylation is 2. The molecule has 2 fully saturated rings. The second-order valence-electron chi connectivity index (χ2n) is 17.5. The van der Waals surface area contributed by atoms with Crippen LogP contribution >= 0.6 is 0 Å². The van der Waals surface area contributed by atoms with E-state index in [1.807, 2.05) is 14.7 Å². The van der Waals surface area contributed by atoms with Gasteiger partial charge < -0.3 is 14.7 Å². The minimum absolute atomic E-state index is 0.0535. The van der Waals surface area contributed by atoms with Crippen LogP contribution in [0, 0.1) is 0 Å². The summed E-state index contributed by atoms with van der Waals surface area (Å²) in [4.78, 5) is 86.7. The van der Waals surface area contributed by atoms with E-state index in [1.165, 1.54) is 40.9 Å². The fourth-order valence-corrected chi connectivity index (χ4v) is 10.8. The molecular formula is C44H50N8O6. The van der Waals surface area contributed by atoms with Gasteiger partial charge in [0.2, 0.25) is 23.6 Å². The zero-order chi connectivity index (χ0) is 40.0. The van der Waals surface area contributed by atoms with Gasteiger partial charge in [0.1, 0.15) is 6.04 Å². The number of amides is 6. The van der Waals surface area contributed by atoms with Gasteiger partial charge in [0, 0.05) is 76.0 Å². The molecule has 0 radical (unpaired) electrons. The SMILES string of the molecule is CC(=O)N1CCc2c(c(N3CCCc4cc5c(cc43)C(C)CCC5)nn2C2CCN(C(=O)CN3Cc4cc5c(cc4C3)C(=O)N(C3CCC(=O)NC3=O)C5=O)CC2)C1. The van der Waals surface area contributed by atoms with Crippen molar-refractivity contribution in [1.82, 2.24) is 34.7 Å². The highest BCUT2D eigenvalue weighted by Gasteiger charge is 2.45. The summed E-state index contributed by atoms with van der Waals surface area (Å²) in [6.07, 6.45) is 8.27. The fourth-order valence-electron chi connectivity index (χ4n) is 10.8. The van der Waals surface area contributed by atoms with Crippen molar-refractivity contribution in [2.75, 3.05) is 37.6 Å². The molecule has 0 spiro atoms. The zero-order valence-corrected chi connectivity index (χ0v) is 33.3. The van der Waals surface area contributed by atoms with Crippen LogP contribution in [-0.2, 0) is 58.1 Å². The monoisotopic (exact) mass is 786 g/mol. The molecule has 0 saturated carbocycles. The third kappa shape index (κ3) is 6.13. The quantitative estimate of drug-likeness (QED) is 0.381. The number of anilines is 2. The second kappa shape index (κ2) is 14.2. The van der Waals surface area contributed by atoms with Crippen LogP contribution in [0.2, 0.25) is 0 Å². The van der Waals surface area contributed by atoms with Gasteiger partial charge in [0.05, 0.1) is 30.3 Å². The third-order valence-corrected chi connectivity index (χ3v) is 13.9. The van der Waals surface area contributed by atoms with E-state index in [2.05, 4.69) is 34.0 Å². The molecule has 10 rings (SSSR count). The van der Waals surface area contributed by atoms with E-state index in [9.17, 15) is 28.8 Å². The number of nitrogens with one attached hydrogen (secondary N) is 1. The lowest BCUT2D eigenvalue weighted by atomic mass is 9.81. The van der Waals surface area contributed by atoms with Crippen molar-refractivity contribution in [3.05, 3.63) is 74.5 Å². The molecular weight excluding hydrogens is 737 g/mol. The highest BCUT2D eigenvalue weighted by molar-refractivity contribution is 6.23. The van der Waals surface area contributed by atoms with E-state index in [0.29, 0.717) is 45.2 Å². The van der Waals surface area contributed by atoms with Crippen LogP contribution < -0.4 is 10.2 Å². The van der Waals surface area contributed by atoms with Gasteiger partial charge in [-0.3, -0.25) is 48.6 Å². The number of rotatable bonds is 5. The molecule has 14 heteroatoms. The Balaban J connectivity index is 0.822. The maximum atomic E-state index is 13.8. The molecule has 0 bridgehead atoms. The maximum Gasteiger partial charge on any atom is 0.262 e.